The van der Waals surface area contributed by atoms with Gasteiger partial charge in [0.1, 0.15) is 0 Å². The molecule has 0 aliphatic rings. The van der Waals surface area contributed by atoms with E-state index in [0.29, 0.717) is 0 Å². The second kappa shape index (κ2) is 5.97. The molecule has 1 nitrogen and oxygen atoms in total. The van der Waals surface area contributed by atoms with Gasteiger partial charge in [-0.15, -0.1) is 8.58 Å². The van der Waals surface area contributed by atoms with Crippen molar-refractivity contribution >= 4 is 8.58 Å². The van der Waals surface area contributed by atoms with Crippen LogP contribution in [-0.2, 0) is 0 Å². The third-order valence-corrected chi connectivity index (χ3v) is 1.49. The van der Waals surface area contributed by atoms with Gasteiger partial charge in [0.2, 0.25) is 0 Å². The first kappa shape index (κ1) is 6.97. The minimum Gasteiger partial charge on any atom is -0.405 e. The number of hydrogen-bond acceptors (Lipinski definition) is 1. The van der Waals surface area contributed by atoms with Gasteiger partial charge in [0.05, 0.1) is 0 Å². The minimum atomic E-state index is 1.06. The largest absolute Gasteiger partial charge is 0.405 e. The quantitative estimate of drug-likeness (QED) is 0.435. The maximum Gasteiger partial charge on any atom is -0.0103 e. The normalized spacial score (nSPS) is 12.1. The Labute approximate surface area is 46.8 Å². The topological polar surface area (TPSA) is 26.0 Å². The van der Waals surface area contributed by atoms with Crippen molar-refractivity contribution < 1.29 is 0 Å². The zero-order valence-corrected chi connectivity index (χ0v) is 5.65. The van der Waals surface area contributed by atoms with Gasteiger partial charge in [-0.1, -0.05) is 6.08 Å². The van der Waals surface area contributed by atoms with Crippen molar-refractivity contribution in [3.63, 3.8) is 0 Å². The lowest BCUT2D eigenvalue weighted by molar-refractivity contribution is 1.23. The average molecular weight is 117 g/mol. The van der Waals surface area contributed by atoms with Crippen LogP contribution in [0.1, 0.15) is 6.42 Å². The summed E-state index contributed by atoms with van der Waals surface area (Å²) in [5.41, 5.74) is 5.09. The summed E-state index contributed by atoms with van der Waals surface area (Å²) in [5.74, 6) is 0. The molecule has 0 aliphatic heterocycles. The Morgan fingerprint density at radius 3 is 2.86 bits per heavy atom. The first-order valence-electron chi connectivity index (χ1n) is 2.43. The van der Waals surface area contributed by atoms with E-state index in [0.717, 1.165) is 15.0 Å². The van der Waals surface area contributed by atoms with Crippen molar-refractivity contribution in [3.05, 3.63) is 12.3 Å². The van der Waals surface area contributed by atoms with E-state index in [4.69, 9.17) is 5.73 Å². The van der Waals surface area contributed by atoms with Crippen molar-refractivity contribution in [2.45, 2.75) is 6.42 Å². The van der Waals surface area contributed by atoms with Gasteiger partial charge >= 0.3 is 0 Å². The van der Waals surface area contributed by atoms with Crippen molar-refractivity contribution in [1.82, 2.24) is 0 Å². The van der Waals surface area contributed by atoms with Gasteiger partial charge in [-0.3, -0.25) is 0 Å². The number of hydrogen-bond donors (Lipinski definition) is 1. The van der Waals surface area contributed by atoms with Gasteiger partial charge in [-0.05, 0) is 25.4 Å². The molecule has 0 heterocycles. The van der Waals surface area contributed by atoms with E-state index in [1.165, 1.54) is 6.16 Å². The smallest absolute Gasteiger partial charge is 0.0103 e. The van der Waals surface area contributed by atoms with E-state index in [1.807, 2.05) is 6.08 Å². The van der Waals surface area contributed by atoms with Crippen molar-refractivity contribution in [3.8, 4) is 0 Å². The Bertz CT molecular complexity index is 52.0. The van der Waals surface area contributed by atoms with Gasteiger partial charge in [-0.25, -0.2) is 0 Å². The van der Waals surface area contributed by atoms with Gasteiger partial charge in [0.25, 0.3) is 0 Å². The Balaban J connectivity index is 2.69. The number of allylic oxidation sites excluding steroid dienone is 1. The highest BCUT2D eigenvalue weighted by molar-refractivity contribution is 7.36. The van der Waals surface area contributed by atoms with Crippen LogP contribution in [0.25, 0.3) is 0 Å². The summed E-state index contributed by atoms with van der Waals surface area (Å²) in [4.78, 5) is 0. The van der Waals surface area contributed by atoms with Crippen LogP contribution >= 0.6 is 8.58 Å². The van der Waals surface area contributed by atoms with Crippen molar-refractivity contribution in [2.24, 2.45) is 5.73 Å². The minimum absolute atomic E-state index is 1.06. The predicted octanol–water partition coefficient (Wildman–Crippen LogP) is 1.16. The monoisotopic (exact) mass is 117 g/mol. The zero-order chi connectivity index (χ0) is 5.54. The molecule has 0 saturated carbocycles. The summed E-state index contributed by atoms with van der Waals surface area (Å²) >= 11 is 0. The van der Waals surface area contributed by atoms with Gasteiger partial charge in [0, 0.05) is 0 Å². The maximum atomic E-state index is 5.09. The third-order valence-electron chi connectivity index (χ3n) is 0.697. The fourth-order valence-electron chi connectivity index (χ4n) is 0.324. The molecule has 0 aromatic carbocycles. The molecule has 0 aliphatic carbocycles. The Morgan fingerprint density at radius 2 is 2.43 bits per heavy atom. The van der Waals surface area contributed by atoms with Crippen LogP contribution in [0.5, 0.6) is 0 Å². The van der Waals surface area contributed by atoms with Crippen molar-refractivity contribution in [2.75, 3.05) is 12.8 Å². The molecule has 0 bridgehead atoms. The van der Waals surface area contributed by atoms with E-state index in [-0.39, 0.29) is 0 Å². The van der Waals surface area contributed by atoms with Gasteiger partial charge < -0.3 is 5.73 Å². The Morgan fingerprint density at radius 1 is 1.71 bits per heavy atom. The molecule has 0 amide bonds. The molecule has 42 valence electrons. The van der Waals surface area contributed by atoms with Crippen molar-refractivity contribution in [1.29, 1.82) is 0 Å². The molecule has 2 N–H and O–H groups in total. The predicted molar refractivity (Wildman–Crippen MR) is 37.1 cm³/mol. The highest BCUT2D eigenvalue weighted by atomic mass is 31.1. The molecule has 0 aromatic heterocycles. The Kier molecular flexibility index (Phi) is 5.94. The molecule has 0 radical (unpaired) electrons. The summed E-state index contributed by atoms with van der Waals surface area (Å²) in [6, 6.07) is 0. The highest BCUT2D eigenvalue weighted by Gasteiger charge is 1.72. The van der Waals surface area contributed by atoms with Gasteiger partial charge in [-0.2, -0.15) is 0 Å². The lowest BCUT2D eigenvalue weighted by Gasteiger charge is -1.84. The fraction of sp³-hybridized carbons (Fsp3) is 0.600. The lowest BCUT2D eigenvalue weighted by atomic mass is 10.5. The van der Waals surface area contributed by atoms with Crippen LogP contribution in [0.15, 0.2) is 12.3 Å². The zero-order valence-electron chi connectivity index (χ0n) is 4.65. The molecule has 1 atom stereocenters. The third kappa shape index (κ3) is 5.97. The van der Waals surface area contributed by atoms with E-state index >= 15 is 0 Å². The summed E-state index contributed by atoms with van der Waals surface area (Å²) in [7, 11) is 1.06. The van der Waals surface area contributed by atoms with Crippen LogP contribution in [0, 0.1) is 0 Å². The van der Waals surface area contributed by atoms with Crippen LogP contribution in [-0.4, -0.2) is 12.8 Å². The van der Waals surface area contributed by atoms with E-state index in [9.17, 15) is 0 Å². The van der Waals surface area contributed by atoms with Crippen LogP contribution in [0.2, 0.25) is 0 Å². The summed E-state index contributed by atoms with van der Waals surface area (Å²) in [5, 5.41) is 0. The Hall–Kier alpha value is -0.0300. The summed E-state index contributed by atoms with van der Waals surface area (Å²) in [6.45, 7) is 2.20. The lowest BCUT2D eigenvalue weighted by Crippen LogP contribution is -1.76. The standard InChI is InChI=1S/C5H12NP/c1-7-5-3-2-4-6/h2,4,7H,3,5-6H2,1H3/b4-2-. The number of nitrogens with two attached hydrogens (primary N) is 1. The molecule has 0 aromatic rings. The summed E-state index contributed by atoms with van der Waals surface area (Å²) < 4.78 is 0. The highest BCUT2D eigenvalue weighted by Crippen LogP contribution is 2.02. The molecular formula is C5H12NP. The number of rotatable bonds is 3. The molecule has 1 unspecified atom stereocenters. The molecule has 0 fully saturated rings. The first-order chi connectivity index (χ1) is 3.41. The van der Waals surface area contributed by atoms with Gasteiger partial charge in [0.15, 0.2) is 0 Å². The molecular weight excluding hydrogens is 105 g/mol. The molecule has 7 heavy (non-hydrogen) atoms. The molecule has 0 spiro atoms. The second-order valence-electron chi connectivity index (χ2n) is 1.32. The molecule has 0 rings (SSSR count). The SMILES string of the molecule is CPCC/C=C\N. The van der Waals surface area contributed by atoms with E-state index in [1.54, 1.807) is 6.20 Å². The van der Waals surface area contributed by atoms with Crippen LogP contribution in [0.4, 0.5) is 0 Å². The maximum absolute atomic E-state index is 5.09. The van der Waals surface area contributed by atoms with Crippen LogP contribution < -0.4 is 5.73 Å². The molecule has 0 saturated heterocycles. The van der Waals surface area contributed by atoms with Crippen LogP contribution in [0.3, 0.4) is 0 Å². The molecule has 2 heteroatoms. The summed E-state index contributed by atoms with van der Waals surface area (Å²) in [6.07, 6.45) is 6.04. The first-order valence-corrected chi connectivity index (χ1v) is 4.14. The second-order valence-corrected chi connectivity index (χ2v) is 2.53. The fourth-order valence-corrected chi connectivity index (χ4v) is 0.779. The average Bonchev–Trinajstić information content (AvgIpc) is 1.69. The van der Waals surface area contributed by atoms with E-state index < -0.39 is 0 Å². The van der Waals surface area contributed by atoms with E-state index in [2.05, 4.69) is 6.66 Å².